The van der Waals surface area contributed by atoms with Gasteiger partial charge in [0.25, 0.3) is 0 Å². The minimum Gasteiger partial charge on any atom is -0.473 e. The predicted molar refractivity (Wildman–Crippen MR) is 28.6 cm³/mol. The molecule has 0 bridgehead atoms. The maximum atomic E-state index is 4.58. The lowest BCUT2D eigenvalue weighted by molar-refractivity contribution is 0.567. The summed E-state index contributed by atoms with van der Waals surface area (Å²) in [4.78, 5) is 0. The van der Waals surface area contributed by atoms with Crippen molar-refractivity contribution >= 4 is 0 Å². The van der Waals surface area contributed by atoms with E-state index in [9.17, 15) is 0 Å². The van der Waals surface area contributed by atoms with E-state index in [0.29, 0.717) is 0 Å². The van der Waals surface area contributed by atoms with Gasteiger partial charge in [0.2, 0.25) is 0 Å². The van der Waals surface area contributed by atoms with E-state index in [1.165, 1.54) is 0 Å². The Morgan fingerprint density at radius 2 is 1.43 bits per heavy atom. The Morgan fingerprint density at radius 1 is 1.00 bits per heavy atom. The van der Waals surface area contributed by atoms with Crippen molar-refractivity contribution < 1.29 is 4.42 Å². The number of hydrogen-bond donors (Lipinski definition) is 0. The molecule has 0 fully saturated rings. The van der Waals surface area contributed by atoms with Gasteiger partial charge in [-0.2, -0.15) is 0 Å². The quantitative estimate of drug-likeness (QED) is 0.444. The highest BCUT2D eigenvalue weighted by Crippen LogP contribution is 1.79. The van der Waals surface area contributed by atoms with Crippen LogP contribution in [0.25, 0.3) is 0 Å². The Kier molecular flexibility index (Phi) is 4.04. The van der Waals surface area contributed by atoms with Crippen LogP contribution in [0.2, 0.25) is 0 Å². The zero-order valence-corrected chi connectivity index (χ0v) is 3.87. The fourth-order valence-corrected chi connectivity index (χ4v) is 0.227. The molecule has 1 aromatic heterocycles. The highest BCUT2D eigenvalue weighted by Gasteiger charge is 1.58. The molecule has 0 radical (unpaired) electrons. The Morgan fingerprint density at radius 3 is 1.57 bits per heavy atom. The van der Waals surface area contributed by atoms with Gasteiger partial charge in [0.1, 0.15) is 0 Å². The van der Waals surface area contributed by atoms with E-state index < -0.39 is 0 Å². The van der Waals surface area contributed by atoms with Crippen LogP contribution >= 0.6 is 0 Å². The van der Waals surface area contributed by atoms with E-state index >= 15 is 0 Å². The van der Waals surface area contributed by atoms with Crippen molar-refractivity contribution in [1.29, 1.82) is 0 Å². The average molecular weight is 94.1 g/mol. The molecular formula is C6H6O. The van der Waals surface area contributed by atoms with E-state index in [1.54, 1.807) is 12.5 Å². The van der Waals surface area contributed by atoms with Crippen LogP contribution in [0, 0.1) is 12.8 Å². The second-order valence-electron chi connectivity index (χ2n) is 0.793. The fourth-order valence-electron chi connectivity index (χ4n) is 0.227. The summed E-state index contributed by atoms with van der Waals surface area (Å²) < 4.78 is 4.58. The molecule has 1 heteroatoms. The Bertz CT molecular complexity index is 87.8. The summed E-state index contributed by atoms with van der Waals surface area (Å²) in [6, 6.07) is 3.67. The normalized spacial score (nSPS) is 6.00. The molecule has 0 amide bonds. The fraction of sp³-hybridized carbons (Fsp3) is 0. The molecule has 7 heavy (non-hydrogen) atoms. The summed E-state index contributed by atoms with van der Waals surface area (Å²) in [5.41, 5.74) is 0. The van der Waals surface area contributed by atoms with Crippen molar-refractivity contribution in [3.8, 4) is 12.8 Å². The predicted octanol–water partition coefficient (Wildman–Crippen LogP) is 1.53. The van der Waals surface area contributed by atoms with Gasteiger partial charge in [0.05, 0.1) is 12.5 Å². The second kappa shape index (κ2) is 4.84. The molecule has 36 valence electrons. The van der Waals surface area contributed by atoms with E-state index in [1.807, 2.05) is 12.1 Å². The highest BCUT2D eigenvalue weighted by atomic mass is 16.3. The van der Waals surface area contributed by atoms with Crippen LogP contribution in [-0.2, 0) is 0 Å². The van der Waals surface area contributed by atoms with E-state index in [2.05, 4.69) is 17.3 Å². The van der Waals surface area contributed by atoms with Gasteiger partial charge in [-0.3, -0.25) is 0 Å². The topological polar surface area (TPSA) is 13.1 Å². The highest BCUT2D eigenvalue weighted by molar-refractivity contribution is 4.79. The lowest BCUT2D eigenvalue weighted by Gasteiger charge is -1.50. The van der Waals surface area contributed by atoms with E-state index in [4.69, 9.17) is 0 Å². The number of furan rings is 1. The summed E-state index contributed by atoms with van der Waals surface area (Å²) in [6.07, 6.45) is 11.2. The molecule has 1 aromatic rings. The van der Waals surface area contributed by atoms with Crippen molar-refractivity contribution in [2.24, 2.45) is 0 Å². The summed E-state index contributed by atoms with van der Waals surface area (Å²) in [7, 11) is 0. The maximum absolute atomic E-state index is 4.58. The zero-order valence-electron chi connectivity index (χ0n) is 3.87. The summed E-state index contributed by atoms with van der Waals surface area (Å²) in [6.45, 7) is 0. The van der Waals surface area contributed by atoms with Crippen LogP contribution < -0.4 is 0 Å². The molecule has 0 saturated heterocycles. The third-order valence-electron chi connectivity index (χ3n) is 0.425. The lowest BCUT2D eigenvalue weighted by atomic mass is 10.7. The van der Waals surface area contributed by atoms with Gasteiger partial charge >= 0.3 is 0 Å². The molecule has 0 aliphatic heterocycles. The Hall–Kier alpha value is -1.16. The minimum atomic E-state index is 1.62. The first-order valence-electron chi connectivity index (χ1n) is 1.80. The molecule has 0 unspecified atom stereocenters. The van der Waals surface area contributed by atoms with Crippen LogP contribution in [0.15, 0.2) is 29.1 Å². The number of hydrogen-bond acceptors (Lipinski definition) is 1. The second-order valence-corrected chi connectivity index (χ2v) is 0.793. The average Bonchev–Trinajstić information content (AvgIpc) is 2.23. The van der Waals surface area contributed by atoms with Crippen molar-refractivity contribution in [2.45, 2.75) is 0 Å². The van der Waals surface area contributed by atoms with Gasteiger partial charge in [-0.05, 0) is 12.1 Å². The van der Waals surface area contributed by atoms with Crippen LogP contribution in [-0.4, -0.2) is 0 Å². The van der Waals surface area contributed by atoms with E-state index in [0.717, 1.165) is 0 Å². The third kappa shape index (κ3) is 2.65. The molecular weight excluding hydrogens is 88.1 g/mol. The molecule has 0 aromatic carbocycles. The van der Waals surface area contributed by atoms with Crippen molar-refractivity contribution in [3.63, 3.8) is 0 Å². The molecule has 0 N–H and O–H groups in total. The summed E-state index contributed by atoms with van der Waals surface area (Å²) in [5, 5.41) is 0. The standard InChI is InChI=1S/C4H4O.C2H2/c1-2-4-5-3-1;1-2/h1-4H;1-2H. The SMILES string of the molecule is C#C.c1ccoc1. The van der Waals surface area contributed by atoms with Crippen molar-refractivity contribution in [2.75, 3.05) is 0 Å². The summed E-state index contributed by atoms with van der Waals surface area (Å²) in [5.74, 6) is 0. The third-order valence-corrected chi connectivity index (χ3v) is 0.425. The van der Waals surface area contributed by atoms with Crippen LogP contribution in [0.4, 0.5) is 0 Å². The zero-order chi connectivity index (χ0) is 5.54. The van der Waals surface area contributed by atoms with Crippen LogP contribution in [0.3, 0.4) is 0 Å². The Labute approximate surface area is 43.0 Å². The first kappa shape index (κ1) is 5.84. The molecule has 1 nitrogen and oxygen atoms in total. The number of terminal acetylenes is 1. The minimum absolute atomic E-state index is 1.62. The van der Waals surface area contributed by atoms with Gasteiger partial charge in [-0.25, -0.2) is 0 Å². The maximum Gasteiger partial charge on any atom is 0.0902 e. The molecule has 0 aliphatic rings. The van der Waals surface area contributed by atoms with Crippen LogP contribution in [0.5, 0.6) is 0 Å². The smallest absolute Gasteiger partial charge is 0.0902 e. The van der Waals surface area contributed by atoms with Crippen LogP contribution in [0.1, 0.15) is 0 Å². The van der Waals surface area contributed by atoms with Crippen molar-refractivity contribution in [1.82, 2.24) is 0 Å². The van der Waals surface area contributed by atoms with E-state index in [-0.39, 0.29) is 0 Å². The van der Waals surface area contributed by atoms with Gasteiger partial charge in [0.15, 0.2) is 0 Å². The van der Waals surface area contributed by atoms with Crippen molar-refractivity contribution in [3.05, 3.63) is 24.7 Å². The van der Waals surface area contributed by atoms with Gasteiger partial charge in [-0.1, -0.05) is 0 Å². The molecule has 1 heterocycles. The van der Waals surface area contributed by atoms with Gasteiger partial charge in [-0.15, -0.1) is 12.8 Å². The largest absolute Gasteiger partial charge is 0.473 e. The van der Waals surface area contributed by atoms with Gasteiger partial charge < -0.3 is 4.42 Å². The Balaban J connectivity index is 0.000000162. The number of rotatable bonds is 0. The molecule has 1 rings (SSSR count). The lowest BCUT2D eigenvalue weighted by Crippen LogP contribution is -1.16. The molecule has 0 atom stereocenters. The first-order valence-corrected chi connectivity index (χ1v) is 1.80. The first-order chi connectivity index (χ1) is 3.50. The van der Waals surface area contributed by atoms with Gasteiger partial charge in [0, 0.05) is 0 Å². The molecule has 0 spiro atoms. The molecule has 0 aliphatic carbocycles. The summed E-state index contributed by atoms with van der Waals surface area (Å²) >= 11 is 0. The monoisotopic (exact) mass is 94.0 g/mol. The molecule has 0 saturated carbocycles.